The highest BCUT2D eigenvalue weighted by molar-refractivity contribution is 5.90. The molecule has 7 nitrogen and oxygen atoms in total. The maximum absolute atomic E-state index is 12.5. The molecule has 26 heavy (non-hydrogen) atoms. The van der Waals surface area contributed by atoms with Crippen LogP contribution in [0.4, 0.5) is 10.5 Å². The van der Waals surface area contributed by atoms with Gasteiger partial charge in [-0.15, -0.1) is 0 Å². The SMILES string of the molecule is CCCNC(=O)n1nc(-c2cc(NC(C)=O)ccc2O)cc1C1CCC1. The second-order valence-corrected chi connectivity index (χ2v) is 6.64. The van der Waals surface area contributed by atoms with Crippen LogP contribution in [0.15, 0.2) is 24.3 Å². The summed E-state index contributed by atoms with van der Waals surface area (Å²) in [5.41, 5.74) is 2.44. The lowest BCUT2D eigenvalue weighted by Crippen LogP contribution is -2.32. The molecule has 1 aliphatic rings. The van der Waals surface area contributed by atoms with Crippen molar-refractivity contribution < 1.29 is 14.7 Å². The smallest absolute Gasteiger partial charge is 0.342 e. The number of benzene rings is 1. The van der Waals surface area contributed by atoms with E-state index in [4.69, 9.17) is 0 Å². The summed E-state index contributed by atoms with van der Waals surface area (Å²) in [6, 6.07) is 6.41. The Hall–Kier alpha value is -2.83. The molecule has 0 unspecified atom stereocenters. The van der Waals surface area contributed by atoms with E-state index < -0.39 is 0 Å². The zero-order valence-corrected chi connectivity index (χ0v) is 15.1. The second kappa shape index (κ2) is 7.59. The predicted octanol–water partition coefficient (Wildman–Crippen LogP) is 3.45. The maximum Gasteiger partial charge on any atom is 0.342 e. The van der Waals surface area contributed by atoms with E-state index >= 15 is 0 Å². The highest BCUT2D eigenvalue weighted by atomic mass is 16.3. The van der Waals surface area contributed by atoms with Crippen molar-refractivity contribution >= 4 is 17.6 Å². The molecular formula is C19H24N4O3. The summed E-state index contributed by atoms with van der Waals surface area (Å²) in [5, 5.41) is 20.2. The van der Waals surface area contributed by atoms with Gasteiger partial charge < -0.3 is 15.7 Å². The lowest BCUT2D eigenvalue weighted by molar-refractivity contribution is -0.114. The zero-order valence-electron chi connectivity index (χ0n) is 15.1. The molecule has 7 heteroatoms. The number of phenolic OH excluding ortho intramolecular Hbond substituents is 1. The molecule has 2 aromatic rings. The van der Waals surface area contributed by atoms with Crippen molar-refractivity contribution in [3.63, 3.8) is 0 Å². The average Bonchev–Trinajstić information content (AvgIpc) is 2.97. The number of rotatable bonds is 5. The lowest BCUT2D eigenvalue weighted by Gasteiger charge is -2.25. The lowest BCUT2D eigenvalue weighted by atomic mass is 9.82. The van der Waals surface area contributed by atoms with Gasteiger partial charge in [0.1, 0.15) is 5.75 Å². The molecule has 0 radical (unpaired) electrons. The molecule has 0 spiro atoms. The van der Waals surface area contributed by atoms with Gasteiger partial charge in [-0.1, -0.05) is 13.3 Å². The summed E-state index contributed by atoms with van der Waals surface area (Å²) in [7, 11) is 0. The van der Waals surface area contributed by atoms with Crippen LogP contribution in [0.25, 0.3) is 11.3 Å². The third kappa shape index (κ3) is 3.71. The van der Waals surface area contributed by atoms with Gasteiger partial charge in [0.05, 0.1) is 11.4 Å². The van der Waals surface area contributed by atoms with Crippen molar-refractivity contribution in [3.8, 4) is 17.0 Å². The van der Waals surface area contributed by atoms with Crippen molar-refractivity contribution in [3.05, 3.63) is 30.0 Å². The Kier molecular flexibility index (Phi) is 5.25. The maximum atomic E-state index is 12.5. The van der Waals surface area contributed by atoms with Crippen molar-refractivity contribution in [2.24, 2.45) is 0 Å². The molecule has 1 aromatic carbocycles. The summed E-state index contributed by atoms with van der Waals surface area (Å²) >= 11 is 0. The Morgan fingerprint density at radius 1 is 1.31 bits per heavy atom. The molecule has 0 atom stereocenters. The Morgan fingerprint density at radius 3 is 2.69 bits per heavy atom. The number of aromatic hydroxyl groups is 1. The van der Waals surface area contributed by atoms with Gasteiger partial charge in [0.15, 0.2) is 0 Å². The van der Waals surface area contributed by atoms with Gasteiger partial charge in [0, 0.05) is 30.6 Å². The van der Waals surface area contributed by atoms with Crippen LogP contribution in [0.1, 0.15) is 51.1 Å². The first-order valence-electron chi connectivity index (χ1n) is 8.98. The van der Waals surface area contributed by atoms with Crippen LogP contribution in [0.5, 0.6) is 5.75 Å². The van der Waals surface area contributed by atoms with Crippen LogP contribution in [0, 0.1) is 0 Å². The number of amides is 2. The Bertz CT molecular complexity index is 824. The summed E-state index contributed by atoms with van der Waals surface area (Å²) in [5.74, 6) is 0.170. The molecular weight excluding hydrogens is 332 g/mol. The van der Waals surface area contributed by atoms with Crippen LogP contribution < -0.4 is 10.6 Å². The molecule has 1 fully saturated rings. The normalized spacial score (nSPS) is 13.9. The average molecular weight is 356 g/mol. The molecule has 3 N–H and O–H groups in total. The first-order chi connectivity index (χ1) is 12.5. The number of nitrogens with zero attached hydrogens (tertiary/aromatic N) is 2. The molecule has 1 aliphatic carbocycles. The highest BCUT2D eigenvalue weighted by Crippen LogP contribution is 2.39. The number of carbonyl (C=O) groups excluding carboxylic acids is 2. The minimum atomic E-state index is -0.252. The first-order valence-corrected chi connectivity index (χ1v) is 8.98. The molecule has 3 rings (SSSR count). The van der Waals surface area contributed by atoms with E-state index in [9.17, 15) is 14.7 Å². The van der Waals surface area contributed by atoms with Gasteiger partial charge in [-0.05, 0) is 43.5 Å². The fourth-order valence-corrected chi connectivity index (χ4v) is 3.01. The standard InChI is InChI=1S/C19H24N4O3/c1-3-9-20-19(26)23-17(13-5-4-6-13)11-16(22-23)15-10-14(21-12(2)24)7-8-18(15)25/h7-8,10-11,13,25H,3-6,9H2,1-2H3,(H,20,26)(H,21,24). The molecule has 0 saturated heterocycles. The summed E-state index contributed by atoms with van der Waals surface area (Å²) in [4.78, 5) is 23.8. The molecule has 1 saturated carbocycles. The van der Waals surface area contributed by atoms with Gasteiger partial charge >= 0.3 is 6.03 Å². The zero-order chi connectivity index (χ0) is 18.7. The van der Waals surface area contributed by atoms with Gasteiger partial charge in [-0.2, -0.15) is 9.78 Å². The second-order valence-electron chi connectivity index (χ2n) is 6.64. The van der Waals surface area contributed by atoms with Crippen LogP contribution in [0.2, 0.25) is 0 Å². The number of phenols is 1. The van der Waals surface area contributed by atoms with E-state index in [1.165, 1.54) is 17.7 Å². The minimum absolute atomic E-state index is 0.0536. The monoisotopic (exact) mass is 356 g/mol. The molecule has 0 bridgehead atoms. The Balaban J connectivity index is 1.98. The van der Waals surface area contributed by atoms with Crippen LogP contribution in [-0.4, -0.2) is 33.4 Å². The third-order valence-electron chi connectivity index (χ3n) is 4.57. The van der Waals surface area contributed by atoms with Crippen molar-refractivity contribution in [2.75, 3.05) is 11.9 Å². The number of nitrogens with one attached hydrogen (secondary N) is 2. The van der Waals surface area contributed by atoms with E-state index in [1.807, 2.05) is 13.0 Å². The largest absolute Gasteiger partial charge is 0.507 e. The van der Waals surface area contributed by atoms with E-state index in [-0.39, 0.29) is 17.7 Å². The highest BCUT2D eigenvalue weighted by Gasteiger charge is 2.27. The third-order valence-corrected chi connectivity index (χ3v) is 4.57. The summed E-state index contributed by atoms with van der Waals surface area (Å²) in [6.45, 7) is 4.00. The van der Waals surface area contributed by atoms with E-state index in [2.05, 4.69) is 15.7 Å². The van der Waals surface area contributed by atoms with Crippen LogP contribution in [-0.2, 0) is 4.79 Å². The topological polar surface area (TPSA) is 96.3 Å². The number of anilines is 1. The summed E-state index contributed by atoms with van der Waals surface area (Å²) < 4.78 is 1.42. The van der Waals surface area contributed by atoms with Gasteiger partial charge in [0.2, 0.25) is 5.91 Å². The van der Waals surface area contributed by atoms with E-state index in [0.717, 1.165) is 31.4 Å². The van der Waals surface area contributed by atoms with Gasteiger partial charge in [-0.3, -0.25) is 4.79 Å². The fourth-order valence-electron chi connectivity index (χ4n) is 3.01. The van der Waals surface area contributed by atoms with Crippen molar-refractivity contribution in [1.29, 1.82) is 0 Å². The number of aromatic nitrogens is 2. The van der Waals surface area contributed by atoms with Gasteiger partial charge in [0.25, 0.3) is 0 Å². The molecule has 1 aromatic heterocycles. The van der Waals surface area contributed by atoms with Gasteiger partial charge in [-0.25, -0.2) is 4.79 Å². The molecule has 138 valence electrons. The number of hydrogen-bond acceptors (Lipinski definition) is 4. The molecule has 2 amide bonds. The Labute approximate surface area is 152 Å². The quantitative estimate of drug-likeness (QED) is 0.715. The van der Waals surface area contributed by atoms with Crippen molar-refractivity contribution in [1.82, 2.24) is 15.1 Å². The van der Waals surface area contributed by atoms with Crippen LogP contribution >= 0.6 is 0 Å². The number of carbonyl (C=O) groups is 2. The number of hydrogen-bond donors (Lipinski definition) is 3. The van der Waals surface area contributed by atoms with E-state index in [1.54, 1.807) is 12.1 Å². The van der Waals surface area contributed by atoms with Crippen LogP contribution in [0.3, 0.4) is 0 Å². The van der Waals surface area contributed by atoms with E-state index in [0.29, 0.717) is 29.4 Å². The Morgan fingerprint density at radius 2 is 2.08 bits per heavy atom. The fraction of sp³-hybridized carbons (Fsp3) is 0.421. The summed E-state index contributed by atoms with van der Waals surface area (Å²) in [6.07, 6.45) is 4.05. The predicted molar refractivity (Wildman–Crippen MR) is 99.3 cm³/mol. The van der Waals surface area contributed by atoms with Crippen molar-refractivity contribution in [2.45, 2.75) is 45.4 Å². The molecule has 0 aliphatic heterocycles. The molecule has 1 heterocycles. The first kappa shape index (κ1) is 18.0. The minimum Gasteiger partial charge on any atom is -0.507 e.